The van der Waals surface area contributed by atoms with Crippen molar-refractivity contribution < 1.29 is 14.3 Å². The predicted molar refractivity (Wildman–Crippen MR) is 104 cm³/mol. The summed E-state index contributed by atoms with van der Waals surface area (Å²) in [6, 6.07) is 22.8. The lowest BCUT2D eigenvalue weighted by molar-refractivity contribution is 0.0948. The van der Waals surface area contributed by atoms with E-state index < -0.39 is 6.03 Å². The summed E-state index contributed by atoms with van der Waals surface area (Å²) in [5.41, 5.74) is 7.01. The van der Waals surface area contributed by atoms with E-state index in [0.717, 1.165) is 5.56 Å². The van der Waals surface area contributed by atoms with Gasteiger partial charge in [0.25, 0.3) is 5.91 Å². The highest BCUT2D eigenvalue weighted by atomic mass is 16.5. The Kier molecular flexibility index (Phi) is 5.69. The van der Waals surface area contributed by atoms with Crippen molar-refractivity contribution in [2.45, 2.75) is 6.54 Å². The number of amides is 3. The number of carbonyl (C=O) groups is 2. The van der Waals surface area contributed by atoms with Crippen LogP contribution in [0.15, 0.2) is 78.9 Å². The van der Waals surface area contributed by atoms with Crippen LogP contribution in [0.4, 0.5) is 10.5 Å². The minimum absolute atomic E-state index is 0.235. The van der Waals surface area contributed by atoms with Crippen LogP contribution in [0, 0.1) is 0 Å². The third kappa shape index (κ3) is 5.09. The van der Waals surface area contributed by atoms with E-state index in [-0.39, 0.29) is 5.91 Å². The fourth-order valence-corrected chi connectivity index (χ4v) is 2.48. The molecular weight excluding hydrogens is 342 g/mol. The summed E-state index contributed by atoms with van der Waals surface area (Å²) >= 11 is 0. The molecule has 3 amide bonds. The van der Waals surface area contributed by atoms with Crippen molar-refractivity contribution in [3.05, 3.63) is 90.0 Å². The number of benzene rings is 3. The van der Waals surface area contributed by atoms with Crippen LogP contribution in [0.3, 0.4) is 0 Å². The van der Waals surface area contributed by atoms with Crippen molar-refractivity contribution in [3.63, 3.8) is 0 Å². The Morgan fingerprint density at radius 2 is 1.52 bits per heavy atom. The number of primary amides is 1. The van der Waals surface area contributed by atoms with Crippen molar-refractivity contribution in [2.75, 3.05) is 5.32 Å². The number of nitrogens with two attached hydrogens (primary N) is 1. The highest BCUT2D eigenvalue weighted by Gasteiger charge is 2.12. The first-order chi connectivity index (χ1) is 13.1. The quantitative estimate of drug-likeness (QED) is 0.621. The Bertz CT molecular complexity index is 925. The first-order valence-electron chi connectivity index (χ1n) is 8.37. The third-order valence-electron chi connectivity index (χ3n) is 3.78. The van der Waals surface area contributed by atoms with Crippen LogP contribution in [-0.4, -0.2) is 11.9 Å². The van der Waals surface area contributed by atoms with Gasteiger partial charge in [0.2, 0.25) is 0 Å². The monoisotopic (exact) mass is 361 g/mol. The van der Waals surface area contributed by atoms with Crippen molar-refractivity contribution in [1.29, 1.82) is 0 Å². The molecular formula is C21H19N3O3. The molecule has 3 rings (SSSR count). The van der Waals surface area contributed by atoms with E-state index in [0.29, 0.717) is 29.3 Å². The summed E-state index contributed by atoms with van der Waals surface area (Å²) in [6.45, 7) is 0.343. The molecule has 0 aliphatic heterocycles. The highest BCUT2D eigenvalue weighted by molar-refractivity contribution is 5.97. The molecule has 3 aromatic rings. The molecule has 0 fully saturated rings. The Hall–Kier alpha value is -3.80. The number of carbonyl (C=O) groups excluding carboxylic acids is 2. The van der Waals surface area contributed by atoms with Gasteiger partial charge in [0.1, 0.15) is 11.5 Å². The number of rotatable bonds is 6. The second-order valence-electron chi connectivity index (χ2n) is 5.78. The molecule has 0 saturated heterocycles. The minimum atomic E-state index is -0.619. The fourth-order valence-electron chi connectivity index (χ4n) is 2.48. The molecule has 3 aromatic carbocycles. The van der Waals surface area contributed by atoms with Crippen molar-refractivity contribution in [2.24, 2.45) is 5.73 Å². The lowest BCUT2D eigenvalue weighted by Gasteiger charge is -2.11. The maximum atomic E-state index is 12.6. The second-order valence-corrected chi connectivity index (χ2v) is 5.78. The zero-order chi connectivity index (χ0) is 19.1. The first kappa shape index (κ1) is 18.0. The average molecular weight is 361 g/mol. The second kappa shape index (κ2) is 8.53. The molecule has 0 aliphatic rings. The third-order valence-corrected chi connectivity index (χ3v) is 3.78. The van der Waals surface area contributed by atoms with Gasteiger partial charge in [-0.2, -0.15) is 0 Å². The van der Waals surface area contributed by atoms with Gasteiger partial charge in [0, 0.05) is 12.2 Å². The van der Waals surface area contributed by atoms with Gasteiger partial charge in [-0.3, -0.25) is 4.79 Å². The largest absolute Gasteiger partial charge is 0.457 e. The Morgan fingerprint density at radius 1 is 0.852 bits per heavy atom. The van der Waals surface area contributed by atoms with Crippen LogP contribution in [0.5, 0.6) is 11.5 Å². The van der Waals surface area contributed by atoms with E-state index in [4.69, 9.17) is 10.5 Å². The van der Waals surface area contributed by atoms with E-state index in [1.54, 1.807) is 42.5 Å². The number of para-hydroxylation sites is 2. The van der Waals surface area contributed by atoms with Gasteiger partial charge in [-0.15, -0.1) is 0 Å². The van der Waals surface area contributed by atoms with Gasteiger partial charge >= 0.3 is 6.03 Å². The van der Waals surface area contributed by atoms with Gasteiger partial charge in [-0.05, 0) is 42.0 Å². The van der Waals surface area contributed by atoms with Crippen molar-refractivity contribution in [1.82, 2.24) is 5.32 Å². The summed E-state index contributed by atoms with van der Waals surface area (Å²) in [4.78, 5) is 23.4. The molecule has 0 bridgehead atoms. The molecule has 0 radical (unpaired) electrons. The fraction of sp³-hybridized carbons (Fsp3) is 0.0476. The zero-order valence-corrected chi connectivity index (χ0v) is 14.5. The van der Waals surface area contributed by atoms with E-state index in [1.165, 1.54) is 0 Å². The van der Waals surface area contributed by atoms with Gasteiger partial charge in [-0.25, -0.2) is 4.79 Å². The topological polar surface area (TPSA) is 93.5 Å². The zero-order valence-electron chi connectivity index (χ0n) is 14.5. The molecule has 136 valence electrons. The smallest absolute Gasteiger partial charge is 0.316 e. The maximum absolute atomic E-state index is 12.6. The van der Waals surface area contributed by atoms with Crippen LogP contribution in [-0.2, 0) is 6.54 Å². The molecule has 6 nitrogen and oxygen atoms in total. The number of anilines is 1. The SMILES string of the molecule is NC(=O)Nc1ccc(CNC(=O)c2ccccc2Oc2ccccc2)cc1. The number of hydrogen-bond acceptors (Lipinski definition) is 3. The van der Waals surface area contributed by atoms with Gasteiger partial charge in [0.15, 0.2) is 0 Å². The normalized spacial score (nSPS) is 10.1. The molecule has 0 saturated carbocycles. The van der Waals surface area contributed by atoms with E-state index >= 15 is 0 Å². The summed E-state index contributed by atoms with van der Waals surface area (Å²) in [5, 5.41) is 5.36. The van der Waals surface area contributed by atoms with Crippen LogP contribution in [0.1, 0.15) is 15.9 Å². The van der Waals surface area contributed by atoms with Gasteiger partial charge in [0.05, 0.1) is 5.56 Å². The molecule has 0 atom stereocenters. The first-order valence-corrected chi connectivity index (χ1v) is 8.37. The van der Waals surface area contributed by atoms with E-state index in [2.05, 4.69) is 10.6 Å². The molecule has 4 N–H and O–H groups in total. The number of ether oxygens (including phenoxy) is 1. The van der Waals surface area contributed by atoms with Crippen LogP contribution in [0.25, 0.3) is 0 Å². The molecule has 0 spiro atoms. The molecule has 0 aliphatic carbocycles. The van der Waals surface area contributed by atoms with E-state index in [9.17, 15) is 9.59 Å². The van der Waals surface area contributed by atoms with Crippen molar-refractivity contribution in [3.8, 4) is 11.5 Å². The predicted octanol–water partition coefficient (Wildman–Crippen LogP) is 3.90. The van der Waals surface area contributed by atoms with E-state index in [1.807, 2.05) is 36.4 Å². The lowest BCUT2D eigenvalue weighted by Crippen LogP contribution is -2.23. The van der Waals surface area contributed by atoms with Gasteiger partial charge in [-0.1, -0.05) is 42.5 Å². The molecule has 0 heterocycles. The summed E-state index contributed by atoms with van der Waals surface area (Å²) in [7, 11) is 0. The summed E-state index contributed by atoms with van der Waals surface area (Å²) in [6.07, 6.45) is 0. The Morgan fingerprint density at radius 3 is 2.22 bits per heavy atom. The lowest BCUT2D eigenvalue weighted by atomic mass is 10.1. The number of hydrogen-bond donors (Lipinski definition) is 3. The molecule has 0 aromatic heterocycles. The van der Waals surface area contributed by atoms with Crippen LogP contribution < -0.4 is 21.1 Å². The van der Waals surface area contributed by atoms with Crippen LogP contribution >= 0.6 is 0 Å². The standard InChI is InChI=1S/C21H19N3O3/c22-21(26)24-16-12-10-15(11-13-16)14-23-20(25)18-8-4-5-9-19(18)27-17-6-2-1-3-7-17/h1-13H,14H2,(H,23,25)(H3,22,24,26). The molecule has 6 heteroatoms. The molecule has 27 heavy (non-hydrogen) atoms. The van der Waals surface area contributed by atoms with Crippen LogP contribution in [0.2, 0.25) is 0 Å². The summed E-state index contributed by atoms with van der Waals surface area (Å²) < 4.78 is 5.82. The molecule has 0 unspecified atom stereocenters. The summed E-state index contributed by atoms with van der Waals surface area (Å²) in [5.74, 6) is 0.915. The average Bonchev–Trinajstić information content (AvgIpc) is 2.68. The number of urea groups is 1. The maximum Gasteiger partial charge on any atom is 0.316 e. The Labute approximate surface area is 157 Å². The highest BCUT2D eigenvalue weighted by Crippen LogP contribution is 2.25. The van der Waals surface area contributed by atoms with Crippen molar-refractivity contribution >= 4 is 17.6 Å². The number of nitrogens with one attached hydrogen (secondary N) is 2. The Balaban J connectivity index is 1.65. The van der Waals surface area contributed by atoms with Gasteiger partial charge < -0.3 is 21.1 Å². The minimum Gasteiger partial charge on any atom is -0.457 e.